The van der Waals surface area contributed by atoms with Crippen molar-refractivity contribution in [3.8, 4) is 0 Å². The fraction of sp³-hybridized carbons (Fsp3) is 0.933. The minimum Gasteiger partial charge on any atom is -0.481 e. The Labute approximate surface area is 116 Å². The van der Waals surface area contributed by atoms with Crippen LogP contribution in [0.5, 0.6) is 0 Å². The third kappa shape index (κ3) is 2.95. The molecule has 1 N–H and O–H groups in total. The van der Waals surface area contributed by atoms with E-state index >= 15 is 0 Å². The third-order valence-electron chi connectivity index (χ3n) is 5.08. The summed E-state index contributed by atoms with van der Waals surface area (Å²) >= 11 is 0. The molecule has 0 aromatic heterocycles. The van der Waals surface area contributed by atoms with Crippen molar-refractivity contribution >= 4 is 5.97 Å². The van der Waals surface area contributed by atoms with Crippen LogP contribution in [0.2, 0.25) is 0 Å². The Morgan fingerprint density at radius 3 is 2.68 bits per heavy atom. The first kappa shape index (κ1) is 14.8. The predicted octanol–water partition coefficient (Wildman–Crippen LogP) is 2.52. The van der Waals surface area contributed by atoms with Crippen LogP contribution in [-0.4, -0.2) is 48.3 Å². The van der Waals surface area contributed by atoms with Crippen LogP contribution in [0, 0.1) is 5.41 Å². The van der Waals surface area contributed by atoms with Gasteiger partial charge < -0.3 is 14.7 Å². The molecule has 0 amide bonds. The first-order valence-electron chi connectivity index (χ1n) is 7.64. The van der Waals surface area contributed by atoms with E-state index in [1.54, 1.807) is 0 Å². The molecule has 4 heteroatoms. The quantitative estimate of drug-likeness (QED) is 0.771. The molecule has 0 saturated heterocycles. The number of carboxylic acids is 1. The Kier molecular flexibility index (Phi) is 4.85. The normalized spacial score (nSPS) is 28.8. The molecule has 2 atom stereocenters. The molecule has 2 saturated carbocycles. The molecule has 0 heterocycles. The van der Waals surface area contributed by atoms with Crippen molar-refractivity contribution in [2.75, 3.05) is 20.2 Å². The number of rotatable bonds is 7. The number of nitrogens with zero attached hydrogens (tertiary/aromatic N) is 1. The molecule has 4 nitrogen and oxygen atoms in total. The van der Waals surface area contributed by atoms with Crippen LogP contribution in [0.15, 0.2) is 0 Å². The topological polar surface area (TPSA) is 49.8 Å². The Morgan fingerprint density at radius 1 is 1.42 bits per heavy atom. The molecule has 0 aliphatic heterocycles. The summed E-state index contributed by atoms with van der Waals surface area (Å²) in [5.41, 5.74) is 0.369. The maximum Gasteiger partial charge on any atom is 0.303 e. The van der Waals surface area contributed by atoms with Crippen molar-refractivity contribution in [2.45, 2.75) is 64.0 Å². The van der Waals surface area contributed by atoms with Gasteiger partial charge in [-0.2, -0.15) is 0 Å². The summed E-state index contributed by atoms with van der Waals surface area (Å²) in [6.45, 7) is 3.77. The van der Waals surface area contributed by atoms with Gasteiger partial charge in [-0.15, -0.1) is 0 Å². The Hall–Kier alpha value is -0.610. The van der Waals surface area contributed by atoms with E-state index in [-0.39, 0.29) is 6.42 Å². The van der Waals surface area contributed by atoms with Gasteiger partial charge in [0.15, 0.2) is 0 Å². The lowest BCUT2D eigenvalue weighted by atomic mass is 9.60. The van der Waals surface area contributed by atoms with Gasteiger partial charge in [0, 0.05) is 24.5 Å². The minimum atomic E-state index is -0.690. The monoisotopic (exact) mass is 269 g/mol. The lowest BCUT2D eigenvalue weighted by Gasteiger charge is -2.57. The van der Waals surface area contributed by atoms with Crippen LogP contribution < -0.4 is 0 Å². The molecule has 2 aliphatic rings. The highest BCUT2D eigenvalue weighted by atomic mass is 16.5. The number of aliphatic carboxylic acids is 1. The van der Waals surface area contributed by atoms with Crippen LogP contribution in [0.25, 0.3) is 0 Å². The number of carbonyl (C=O) groups is 1. The molecule has 1 spiro atoms. The summed E-state index contributed by atoms with van der Waals surface area (Å²) < 4.78 is 5.92. The molecular formula is C15H27NO3. The second-order valence-corrected chi connectivity index (χ2v) is 6.11. The molecule has 19 heavy (non-hydrogen) atoms. The molecule has 0 unspecified atom stereocenters. The van der Waals surface area contributed by atoms with Gasteiger partial charge in [0.25, 0.3) is 0 Å². The lowest BCUT2D eigenvalue weighted by Crippen LogP contribution is -2.63. The first-order valence-corrected chi connectivity index (χ1v) is 7.64. The maximum absolute atomic E-state index is 10.6. The van der Waals surface area contributed by atoms with E-state index in [4.69, 9.17) is 9.84 Å². The molecule has 0 radical (unpaired) electrons. The van der Waals surface area contributed by atoms with Crippen molar-refractivity contribution in [2.24, 2.45) is 5.41 Å². The lowest BCUT2D eigenvalue weighted by molar-refractivity contribution is -0.160. The highest BCUT2D eigenvalue weighted by molar-refractivity contribution is 5.66. The minimum absolute atomic E-state index is 0.277. The first-order chi connectivity index (χ1) is 9.10. The SMILES string of the molecule is CCO[C@@H]1C[C@@H](N(C)CCCC(=O)O)C12CCCC2. The second-order valence-electron chi connectivity index (χ2n) is 6.11. The van der Waals surface area contributed by atoms with Gasteiger partial charge >= 0.3 is 5.97 Å². The molecule has 110 valence electrons. The van der Waals surface area contributed by atoms with Crippen LogP contribution in [-0.2, 0) is 9.53 Å². The summed E-state index contributed by atoms with van der Waals surface area (Å²) in [6.07, 6.45) is 7.80. The van der Waals surface area contributed by atoms with Gasteiger partial charge in [-0.05, 0) is 46.2 Å². The fourth-order valence-corrected chi connectivity index (χ4v) is 4.10. The average Bonchev–Trinajstić information content (AvgIpc) is 2.85. The summed E-state index contributed by atoms with van der Waals surface area (Å²) in [6, 6.07) is 0.598. The smallest absolute Gasteiger partial charge is 0.303 e. The zero-order valence-corrected chi connectivity index (χ0v) is 12.2. The van der Waals surface area contributed by atoms with Crippen LogP contribution in [0.3, 0.4) is 0 Å². The van der Waals surface area contributed by atoms with Crippen molar-refractivity contribution in [1.29, 1.82) is 0 Å². The van der Waals surface area contributed by atoms with Crippen LogP contribution >= 0.6 is 0 Å². The highest BCUT2D eigenvalue weighted by Gasteiger charge is 2.57. The van der Waals surface area contributed by atoms with Gasteiger partial charge in [0.05, 0.1) is 6.10 Å². The van der Waals surface area contributed by atoms with E-state index < -0.39 is 5.97 Å². The van der Waals surface area contributed by atoms with E-state index in [2.05, 4.69) is 18.9 Å². The maximum atomic E-state index is 10.6. The van der Waals surface area contributed by atoms with Crippen LogP contribution in [0.1, 0.15) is 51.9 Å². The number of hydrogen-bond acceptors (Lipinski definition) is 3. The van der Waals surface area contributed by atoms with E-state index in [9.17, 15) is 4.79 Å². The summed E-state index contributed by atoms with van der Waals surface area (Å²) in [7, 11) is 2.15. The van der Waals surface area contributed by atoms with E-state index in [0.717, 1.165) is 26.0 Å². The molecule has 0 aromatic rings. The predicted molar refractivity (Wildman–Crippen MR) is 74.2 cm³/mol. The third-order valence-corrected chi connectivity index (χ3v) is 5.08. The van der Waals surface area contributed by atoms with E-state index in [1.165, 1.54) is 25.7 Å². The van der Waals surface area contributed by atoms with E-state index in [1.807, 2.05) is 0 Å². The standard InChI is InChI=1S/C15H27NO3/c1-3-19-13-11-12(15(13)8-4-5-9-15)16(2)10-6-7-14(17)18/h12-13H,3-11H2,1-2H3,(H,17,18)/t12-,13-/m1/s1. The molecule has 0 aromatic carbocycles. The molecule has 2 rings (SSSR count). The molecule has 2 fully saturated rings. The van der Waals surface area contributed by atoms with Gasteiger partial charge in [-0.25, -0.2) is 0 Å². The summed E-state index contributed by atoms with van der Waals surface area (Å²) in [5.74, 6) is -0.690. The van der Waals surface area contributed by atoms with Crippen molar-refractivity contribution in [1.82, 2.24) is 4.90 Å². The molecular weight excluding hydrogens is 242 g/mol. The van der Waals surface area contributed by atoms with Crippen LogP contribution in [0.4, 0.5) is 0 Å². The van der Waals surface area contributed by atoms with Crippen molar-refractivity contribution in [3.63, 3.8) is 0 Å². The Morgan fingerprint density at radius 2 is 2.11 bits per heavy atom. The van der Waals surface area contributed by atoms with Gasteiger partial charge in [-0.1, -0.05) is 12.8 Å². The van der Waals surface area contributed by atoms with Crippen molar-refractivity contribution < 1.29 is 14.6 Å². The summed E-state index contributed by atoms with van der Waals surface area (Å²) in [4.78, 5) is 13.0. The van der Waals surface area contributed by atoms with Gasteiger partial charge in [0.1, 0.15) is 0 Å². The number of carboxylic acid groups (broad SMARTS) is 1. The van der Waals surface area contributed by atoms with E-state index in [0.29, 0.717) is 17.6 Å². The number of hydrogen-bond donors (Lipinski definition) is 1. The molecule has 0 bridgehead atoms. The fourth-order valence-electron chi connectivity index (χ4n) is 4.10. The Bertz CT molecular complexity index is 313. The largest absolute Gasteiger partial charge is 0.481 e. The summed E-state index contributed by atoms with van der Waals surface area (Å²) in [5, 5.41) is 8.71. The molecule has 2 aliphatic carbocycles. The second kappa shape index (κ2) is 6.23. The highest BCUT2D eigenvalue weighted by Crippen LogP contribution is 2.56. The number of ether oxygens (including phenoxy) is 1. The Balaban J connectivity index is 1.87. The zero-order valence-electron chi connectivity index (χ0n) is 12.2. The van der Waals surface area contributed by atoms with Gasteiger partial charge in [-0.3, -0.25) is 4.79 Å². The zero-order chi connectivity index (χ0) is 13.9. The van der Waals surface area contributed by atoms with Crippen molar-refractivity contribution in [3.05, 3.63) is 0 Å². The van der Waals surface area contributed by atoms with Gasteiger partial charge in [0.2, 0.25) is 0 Å². The average molecular weight is 269 g/mol.